The van der Waals surface area contributed by atoms with Gasteiger partial charge in [0.15, 0.2) is 16.6 Å². The standard InChI is InChI=1S/C10H19N3O2S/c1-4-13(5-6-14)10-8(15-7(2)3)9(11)12-16-10/h7,14H,4-6H2,1-3H3,(H2,11,12). The third-order valence-corrected chi connectivity index (χ3v) is 2.95. The lowest BCUT2D eigenvalue weighted by Gasteiger charge is -2.21. The molecule has 0 aromatic carbocycles. The summed E-state index contributed by atoms with van der Waals surface area (Å²) in [6, 6.07) is 0. The summed E-state index contributed by atoms with van der Waals surface area (Å²) >= 11 is 1.31. The van der Waals surface area contributed by atoms with Crippen molar-refractivity contribution < 1.29 is 9.84 Å². The number of hydrogen-bond donors (Lipinski definition) is 2. The molecule has 0 spiro atoms. The molecule has 0 unspecified atom stereocenters. The monoisotopic (exact) mass is 245 g/mol. The zero-order valence-electron chi connectivity index (χ0n) is 9.93. The van der Waals surface area contributed by atoms with Gasteiger partial charge in [0.05, 0.1) is 12.7 Å². The summed E-state index contributed by atoms with van der Waals surface area (Å²) in [5, 5.41) is 9.87. The van der Waals surface area contributed by atoms with Gasteiger partial charge < -0.3 is 20.5 Å². The molecule has 92 valence electrons. The Morgan fingerprint density at radius 2 is 2.25 bits per heavy atom. The third-order valence-electron chi connectivity index (χ3n) is 2.05. The average Bonchev–Trinajstić information content (AvgIpc) is 2.57. The second-order valence-electron chi connectivity index (χ2n) is 3.67. The van der Waals surface area contributed by atoms with Crippen molar-refractivity contribution in [1.29, 1.82) is 0 Å². The molecule has 0 aliphatic carbocycles. The van der Waals surface area contributed by atoms with Gasteiger partial charge in [0.1, 0.15) is 0 Å². The number of nitrogen functional groups attached to an aromatic ring is 1. The zero-order chi connectivity index (χ0) is 12.1. The molecule has 5 nitrogen and oxygen atoms in total. The van der Waals surface area contributed by atoms with E-state index in [1.807, 2.05) is 25.7 Å². The van der Waals surface area contributed by atoms with Crippen LogP contribution in [0.1, 0.15) is 20.8 Å². The summed E-state index contributed by atoms with van der Waals surface area (Å²) < 4.78 is 9.74. The molecular formula is C10H19N3O2S. The van der Waals surface area contributed by atoms with E-state index in [1.54, 1.807) is 0 Å². The van der Waals surface area contributed by atoms with Gasteiger partial charge in [0, 0.05) is 13.1 Å². The number of likely N-dealkylation sites (N-methyl/N-ethyl adjacent to an activating group) is 1. The molecule has 1 rings (SSSR count). The molecule has 0 aliphatic rings. The first kappa shape index (κ1) is 13.1. The molecule has 1 aromatic heterocycles. The Hall–Kier alpha value is -1.01. The predicted octanol–water partition coefficient (Wildman–Crippen LogP) is 1.33. The van der Waals surface area contributed by atoms with E-state index in [0.717, 1.165) is 11.5 Å². The first-order valence-electron chi connectivity index (χ1n) is 5.37. The van der Waals surface area contributed by atoms with Crippen molar-refractivity contribution in [3.8, 4) is 5.75 Å². The van der Waals surface area contributed by atoms with Gasteiger partial charge in [-0.2, -0.15) is 4.37 Å². The van der Waals surface area contributed by atoms with E-state index in [-0.39, 0.29) is 12.7 Å². The maximum atomic E-state index is 8.98. The van der Waals surface area contributed by atoms with E-state index in [4.69, 9.17) is 15.6 Å². The summed E-state index contributed by atoms with van der Waals surface area (Å²) in [5.74, 6) is 1.06. The van der Waals surface area contributed by atoms with Crippen LogP contribution in [0.3, 0.4) is 0 Å². The average molecular weight is 245 g/mol. The van der Waals surface area contributed by atoms with Crippen LogP contribution in [0.4, 0.5) is 10.8 Å². The lowest BCUT2D eigenvalue weighted by atomic mass is 10.4. The van der Waals surface area contributed by atoms with Gasteiger partial charge in [0.2, 0.25) is 0 Å². The van der Waals surface area contributed by atoms with Gasteiger partial charge in [-0.3, -0.25) is 0 Å². The second kappa shape index (κ2) is 5.91. The van der Waals surface area contributed by atoms with Crippen LogP contribution in [0.5, 0.6) is 5.75 Å². The van der Waals surface area contributed by atoms with Crippen molar-refractivity contribution in [2.75, 3.05) is 30.3 Å². The summed E-state index contributed by atoms with van der Waals surface area (Å²) in [6.45, 7) is 7.37. The number of anilines is 2. The minimum Gasteiger partial charge on any atom is -0.484 e. The fourth-order valence-corrected chi connectivity index (χ4v) is 2.20. The highest BCUT2D eigenvalue weighted by molar-refractivity contribution is 7.11. The quantitative estimate of drug-likeness (QED) is 0.791. The van der Waals surface area contributed by atoms with Gasteiger partial charge in [-0.15, -0.1) is 0 Å². The lowest BCUT2D eigenvalue weighted by molar-refractivity contribution is 0.244. The molecule has 0 saturated heterocycles. The SMILES string of the molecule is CCN(CCO)c1snc(N)c1OC(C)C. The van der Waals surface area contributed by atoms with Crippen LogP contribution < -0.4 is 15.4 Å². The van der Waals surface area contributed by atoms with Crippen LogP contribution in [-0.2, 0) is 0 Å². The summed E-state index contributed by atoms with van der Waals surface area (Å²) in [4.78, 5) is 2.01. The van der Waals surface area contributed by atoms with Crippen LogP contribution in [0.25, 0.3) is 0 Å². The highest BCUT2D eigenvalue weighted by Gasteiger charge is 2.18. The van der Waals surface area contributed by atoms with Crippen molar-refractivity contribution >= 4 is 22.4 Å². The van der Waals surface area contributed by atoms with E-state index in [1.165, 1.54) is 11.5 Å². The molecule has 0 radical (unpaired) electrons. The van der Waals surface area contributed by atoms with Gasteiger partial charge in [-0.05, 0) is 32.3 Å². The molecule has 0 bridgehead atoms. The molecule has 16 heavy (non-hydrogen) atoms. The Balaban J connectivity index is 2.93. The molecule has 1 aromatic rings. The van der Waals surface area contributed by atoms with Crippen LogP contribution in [0, 0.1) is 0 Å². The molecule has 0 saturated carbocycles. The fraction of sp³-hybridized carbons (Fsp3) is 0.700. The van der Waals surface area contributed by atoms with Crippen LogP contribution >= 0.6 is 11.5 Å². The summed E-state index contributed by atoms with van der Waals surface area (Å²) in [6.07, 6.45) is 0.0604. The van der Waals surface area contributed by atoms with E-state index in [2.05, 4.69) is 4.37 Å². The van der Waals surface area contributed by atoms with Gasteiger partial charge >= 0.3 is 0 Å². The van der Waals surface area contributed by atoms with Gasteiger partial charge in [-0.25, -0.2) is 0 Å². The minimum absolute atomic E-state index is 0.0604. The Morgan fingerprint density at radius 1 is 1.56 bits per heavy atom. The number of nitrogens with two attached hydrogens (primary N) is 1. The van der Waals surface area contributed by atoms with Crippen LogP contribution in [0.15, 0.2) is 0 Å². The van der Waals surface area contributed by atoms with Crippen LogP contribution in [0.2, 0.25) is 0 Å². The number of aliphatic hydroxyl groups excluding tert-OH is 1. The zero-order valence-corrected chi connectivity index (χ0v) is 10.8. The number of rotatable bonds is 6. The molecule has 0 amide bonds. The lowest BCUT2D eigenvalue weighted by Crippen LogP contribution is -2.26. The van der Waals surface area contributed by atoms with Gasteiger partial charge in [0.25, 0.3) is 0 Å². The number of hydrogen-bond acceptors (Lipinski definition) is 6. The maximum Gasteiger partial charge on any atom is 0.198 e. The molecule has 6 heteroatoms. The topological polar surface area (TPSA) is 71.6 Å². The van der Waals surface area contributed by atoms with E-state index in [9.17, 15) is 0 Å². The van der Waals surface area contributed by atoms with Crippen molar-refractivity contribution in [2.45, 2.75) is 26.9 Å². The molecule has 1 heterocycles. The molecule has 0 aliphatic heterocycles. The van der Waals surface area contributed by atoms with Crippen molar-refractivity contribution in [3.63, 3.8) is 0 Å². The number of ether oxygens (including phenoxy) is 1. The normalized spacial score (nSPS) is 10.8. The Labute approximate surface area is 100.0 Å². The minimum atomic E-state index is 0.0604. The number of aliphatic hydroxyl groups is 1. The third kappa shape index (κ3) is 2.99. The number of nitrogens with zero attached hydrogens (tertiary/aromatic N) is 2. The largest absolute Gasteiger partial charge is 0.484 e. The molecular weight excluding hydrogens is 226 g/mol. The smallest absolute Gasteiger partial charge is 0.198 e. The predicted molar refractivity (Wildman–Crippen MR) is 67.3 cm³/mol. The van der Waals surface area contributed by atoms with Crippen LogP contribution in [-0.4, -0.2) is 35.3 Å². The van der Waals surface area contributed by atoms with Crippen molar-refractivity contribution in [3.05, 3.63) is 0 Å². The van der Waals surface area contributed by atoms with Crippen molar-refractivity contribution in [1.82, 2.24) is 4.37 Å². The molecule has 3 N–H and O–H groups in total. The summed E-state index contributed by atoms with van der Waals surface area (Å²) in [5.41, 5.74) is 5.76. The molecule has 0 fully saturated rings. The fourth-order valence-electron chi connectivity index (χ4n) is 1.36. The maximum absolute atomic E-state index is 8.98. The molecule has 0 atom stereocenters. The van der Waals surface area contributed by atoms with Gasteiger partial charge in [-0.1, -0.05) is 0 Å². The Bertz CT molecular complexity index is 328. The Kier molecular flexibility index (Phi) is 4.82. The highest BCUT2D eigenvalue weighted by Crippen LogP contribution is 2.38. The second-order valence-corrected chi connectivity index (χ2v) is 4.42. The van der Waals surface area contributed by atoms with E-state index >= 15 is 0 Å². The van der Waals surface area contributed by atoms with Crippen molar-refractivity contribution in [2.24, 2.45) is 0 Å². The highest BCUT2D eigenvalue weighted by atomic mass is 32.1. The van der Waals surface area contributed by atoms with E-state index in [0.29, 0.717) is 18.1 Å². The first-order chi connectivity index (χ1) is 7.60. The van der Waals surface area contributed by atoms with E-state index < -0.39 is 0 Å². The summed E-state index contributed by atoms with van der Waals surface area (Å²) in [7, 11) is 0. The first-order valence-corrected chi connectivity index (χ1v) is 6.15. The Morgan fingerprint density at radius 3 is 2.75 bits per heavy atom. The number of aromatic nitrogens is 1.